The molecule has 2 aliphatic rings. The third kappa shape index (κ3) is 6.19. The number of piperidine rings is 1. The molecule has 1 heterocycles. The van der Waals surface area contributed by atoms with Gasteiger partial charge < -0.3 is 10.2 Å². The number of carbonyl (C=O) groups excluding carboxylic acids is 1. The van der Waals surface area contributed by atoms with E-state index < -0.39 is 10.0 Å². The molecule has 3 rings (SSSR count). The predicted molar refractivity (Wildman–Crippen MR) is 115 cm³/mol. The predicted octanol–water partition coefficient (Wildman–Crippen LogP) is 3.73. The first-order valence-corrected chi connectivity index (χ1v) is 12.5. The number of benzene rings is 1. The highest BCUT2D eigenvalue weighted by molar-refractivity contribution is 7.89. The lowest BCUT2D eigenvalue weighted by Crippen LogP contribution is -2.48. The number of rotatable bonds is 6. The lowest BCUT2D eigenvalue weighted by atomic mass is 9.93. The molecule has 1 aliphatic carbocycles. The number of carbonyl (C=O) groups is 1. The van der Waals surface area contributed by atoms with E-state index in [-0.39, 0.29) is 6.03 Å². The number of amides is 2. The van der Waals surface area contributed by atoms with Gasteiger partial charge in [-0.3, -0.25) is 0 Å². The van der Waals surface area contributed by atoms with Crippen molar-refractivity contribution in [3.63, 3.8) is 0 Å². The van der Waals surface area contributed by atoms with Gasteiger partial charge in [0.1, 0.15) is 0 Å². The Morgan fingerprint density at radius 3 is 2.41 bits per heavy atom. The van der Waals surface area contributed by atoms with Crippen LogP contribution in [-0.4, -0.2) is 45.0 Å². The standard InChI is InChI=1S/C22H35N3O3S/c1-17-8-9-21(18(2)16-17)29(27,28)23-13-10-19-11-14-25(15-12-19)22(26)24-20-6-4-3-5-7-20/h8-9,16,19-20,23H,3-7,10-15H2,1-2H3,(H,24,26). The summed E-state index contributed by atoms with van der Waals surface area (Å²) in [5.74, 6) is 0.454. The summed E-state index contributed by atoms with van der Waals surface area (Å²) >= 11 is 0. The summed E-state index contributed by atoms with van der Waals surface area (Å²) in [5, 5.41) is 3.19. The SMILES string of the molecule is Cc1ccc(S(=O)(=O)NCCC2CCN(C(=O)NC3CCCCC3)CC2)c(C)c1. The largest absolute Gasteiger partial charge is 0.335 e. The van der Waals surface area contributed by atoms with E-state index in [0.29, 0.717) is 23.4 Å². The molecule has 1 aliphatic heterocycles. The molecular formula is C22H35N3O3S. The second kappa shape index (κ2) is 9.94. The van der Waals surface area contributed by atoms with Gasteiger partial charge >= 0.3 is 6.03 Å². The molecule has 1 aromatic rings. The highest BCUT2D eigenvalue weighted by Gasteiger charge is 2.25. The molecule has 2 fully saturated rings. The molecular weight excluding hydrogens is 386 g/mol. The fourth-order valence-corrected chi connectivity index (χ4v) is 5.79. The van der Waals surface area contributed by atoms with E-state index >= 15 is 0 Å². The van der Waals surface area contributed by atoms with Crippen molar-refractivity contribution < 1.29 is 13.2 Å². The molecule has 0 aromatic heterocycles. The minimum atomic E-state index is -3.47. The molecule has 2 amide bonds. The van der Waals surface area contributed by atoms with E-state index in [2.05, 4.69) is 10.0 Å². The van der Waals surface area contributed by atoms with Crippen LogP contribution in [0.15, 0.2) is 23.1 Å². The minimum absolute atomic E-state index is 0.0749. The number of nitrogens with one attached hydrogen (secondary N) is 2. The van der Waals surface area contributed by atoms with Crippen molar-refractivity contribution in [1.29, 1.82) is 0 Å². The molecule has 29 heavy (non-hydrogen) atoms. The third-order valence-electron chi connectivity index (χ3n) is 6.30. The summed E-state index contributed by atoms with van der Waals surface area (Å²) in [6.45, 7) is 5.74. The average Bonchev–Trinajstić information content (AvgIpc) is 2.69. The van der Waals surface area contributed by atoms with Crippen LogP contribution in [0, 0.1) is 19.8 Å². The van der Waals surface area contributed by atoms with Gasteiger partial charge in [-0.2, -0.15) is 0 Å². The van der Waals surface area contributed by atoms with Crippen molar-refractivity contribution in [2.45, 2.75) is 76.2 Å². The van der Waals surface area contributed by atoms with Crippen molar-refractivity contribution in [2.75, 3.05) is 19.6 Å². The van der Waals surface area contributed by atoms with Gasteiger partial charge in [0.05, 0.1) is 4.90 Å². The molecule has 0 atom stereocenters. The first-order valence-electron chi connectivity index (χ1n) is 11.0. The maximum Gasteiger partial charge on any atom is 0.317 e. The molecule has 0 bridgehead atoms. The minimum Gasteiger partial charge on any atom is -0.335 e. The second-order valence-corrected chi connectivity index (χ2v) is 10.4. The van der Waals surface area contributed by atoms with Crippen molar-refractivity contribution in [3.05, 3.63) is 29.3 Å². The highest BCUT2D eigenvalue weighted by Crippen LogP contribution is 2.22. The average molecular weight is 422 g/mol. The zero-order valence-electron chi connectivity index (χ0n) is 17.7. The van der Waals surface area contributed by atoms with E-state index in [0.717, 1.165) is 56.3 Å². The van der Waals surface area contributed by atoms with E-state index in [1.807, 2.05) is 30.9 Å². The smallest absolute Gasteiger partial charge is 0.317 e. The van der Waals surface area contributed by atoms with Crippen LogP contribution in [0.4, 0.5) is 4.79 Å². The Morgan fingerprint density at radius 2 is 1.76 bits per heavy atom. The van der Waals surface area contributed by atoms with Crippen molar-refractivity contribution in [1.82, 2.24) is 14.9 Å². The first kappa shape index (κ1) is 22.1. The summed E-state index contributed by atoms with van der Waals surface area (Å²) < 4.78 is 27.9. The fourth-order valence-electron chi connectivity index (χ4n) is 4.51. The molecule has 6 nitrogen and oxygen atoms in total. The van der Waals surface area contributed by atoms with Crippen LogP contribution < -0.4 is 10.0 Å². The van der Waals surface area contributed by atoms with Crippen LogP contribution in [0.25, 0.3) is 0 Å². The Hall–Kier alpha value is -1.60. The summed E-state index contributed by atoms with van der Waals surface area (Å²) in [6.07, 6.45) is 8.58. The molecule has 0 unspecified atom stereocenters. The molecule has 2 N–H and O–H groups in total. The number of likely N-dealkylation sites (tertiary alicyclic amines) is 1. The summed E-state index contributed by atoms with van der Waals surface area (Å²) in [5.41, 5.74) is 1.83. The Morgan fingerprint density at radius 1 is 1.07 bits per heavy atom. The molecule has 0 spiro atoms. The Bertz CT molecular complexity index is 796. The quantitative estimate of drug-likeness (QED) is 0.735. The summed E-state index contributed by atoms with van der Waals surface area (Å²) in [4.78, 5) is 14.7. The van der Waals surface area contributed by atoms with Gasteiger partial charge in [0.2, 0.25) is 10.0 Å². The molecule has 1 saturated heterocycles. The third-order valence-corrected chi connectivity index (χ3v) is 7.92. The normalized spacial score (nSPS) is 19.3. The number of hydrogen-bond acceptors (Lipinski definition) is 3. The Kier molecular flexibility index (Phi) is 7.57. The lowest BCUT2D eigenvalue weighted by molar-refractivity contribution is 0.162. The van der Waals surface area contributed by atoms with Gasteiger partial charge in [0, 0.05) is 25.7 Å². The van der Waals surface area contributed by atoms with Crippen LogP contribution in [-0.2, 0) is 10.0 Å². The first-order chi connectivity index (χ1) is 13.8. The van der Waals surface area contributed by atoms with Crippen LogP contribution in [0.2, 0.25) is 0 Å². The van der Waals surface area contributed by atoms with Gasteiger partial charge in [0.25, 0.3) is 0 Å². The molecule has 7 heteroatoms. The van der Waals surface area contributed by atoms with E-state index in [1.165, 1.54) is 19.3 Å². The molecule has 1 saturated carbocycles. The van der Waals surface area contributed by atoms with Crippen LogP contribution >= 0.6 is 0 Å². The number of hydrogen-bond donors (Lipinski definition) is 2. The van der Waals surface area contributed by atoms with Gasteiger partial charge in [-0.1, -0.05) is 37.0 Å². The van der Waals surface area contributed by atoms with E-state index in [9.17, 15) is 13.2 Å². The number of urea groups is 1. The lowest BCUT2D eigenvalue weighted by Gasteiger charge is -2.34. The second-order valence-electron chi connectivity index (χ2n) is 8.67. The molecule has 1 aromatic carbocycles. The zero-order chi connectivity index (χ0) is 20.9. The van der Waals surface area contributed by atoms with Gasteiger partial charge in [-0.15, -0.1) is 0 Å². The Balaban J connectivity index is 1.40. The zero-order valence-corrected chi connectivity index (χ0v) is 18.6. The Labute approximate surface area is 175 Å². The van der Waals surface area contributed by atoms with Crippen molar-refractivity contribution in [3.8, 4) is 0 Å². The topological polar surface area (TPSA) is 78.5 Å². The van der Waals surface area contributed by atoms with Crippen molar-refractivity contribution in [2.24, 2.45) is 5.92 Å². The van der Waals surface area contributed by atoms with Crippen LogP contribution in [0.1, 0.15) is 62.5 Å². The van der Waals surface area contributed by atoms with Gasteiger partial charge in [0.15, 0.2) is 0 Å². The van der Waals surface area contributed by atoms with Gasteiger partial charge in [-0.25, -0.2) is 17.9 Å². The number of sulfonamides is 1. The van der Waals surface area contributed by atoms with Crippen LogP contribution in [0.5, 0.6) is 0 Å². The maximum absolute atomic E-state index is 12.6. The van der Waals surface area contributed by atoms with Crippen LogP contribution in [0.3, 0.4) is 0 Å². The maximum atomic E-state index is 12.6. The van der Waals surface area contributed by atoms with Crippen molar-refractivity contribution >= 4 is 16.1 Å². The fraction of sp³-hybridized carbons (Fsp3) is 0.682. The summed E-state index contributed by atoms with van der Waals surface area (Å²) in [7, 11) is -3.47. The summed E-state index contributed by atoms with van der Waals surface area (Å²) in [6, 6.07) is 5.81. The molecule has 0 radical (unpaired) electrons. The number of nitrogens with zero attached hydrogens (tertiary/aromatic N) is 1. The van der Waals surface area contributed by atoms with E-state index in [1.54, 1.807) is 6.07 Å². The van der Waals surface area contributed by atoms with E-state index in [4.69, 9.17) is 0 Å². The monoisotopic (exact) mass is 421 g/mol. The van der Waals surface area contributed by atoms with Gasteiger partial charge in [-0.05, 0) is 63.5 Å². The number of aryl methyl sites for hydroxylation is 2. The molecule has 162 valence electrons. The highest BCUT2D eigenvalue weighted by atomic mass is 32.2.